The van der Waals surface area contributed by atoms with Gasteiger partial charge in [-0.1, -0.05) is 42.5 Å². The van der Waals surface area contributed by atoms with Crippen LogP contribution in [0.1, 0.15) is 5.56 Å². The lowest BCUT2D eigenvalue weighted by Gasteiger charge is -2.12. The van der Waals surface area contributed by atoms with Gasteiger partial charge in [-0.25, -0.2) is 4.39 Å². The zero-order valence-corrected chi connectivity index (χ0v) is 13.4. The average Bonchev–Trinajstić information content (AvgIpc) is 2.49. The fourth-order valence-electron chi connectivity index (χ4n) is 2.35. The van der Waals surface area contributed by atoms with Crippen LogP contribution in [0.3, 0.4) is 0 Å². The topological polar surface area (TPSA) is 38.0 Å². The van der Waals surface area contributed by atoms with Crippen molar-refractivity contribution in [3.63, 3.8) is 0 Å². The average molecular weight is 392 g/mol. The highest BCUT2D eigenvalue weighted by atomic mass is 127. The SMILES string of the molecule is Nc1cc(I)c(F)cc1NCc1cccc2ccccc12. The van der Waals surface area contributed by atoms with Crippen LogP contribution >= 0.6 is 22.6 Å². The van der Waals surface area contributed by atoms with Crippen molar-refractivity contribution in [2.75, 3.05) is 11.1 Å². The molecule has 0 radical (unpaired) electrons. The van der Waals surface area contributed by atoms with Crippen LogP contribution in [-0.4, -0.2) is 0 Å². The zero-order chi connectivity index (χ0) is 14.8. The lowest BCUT2D eigenvalue weighted by molar-refractivity contribution is 0.621. The first-order valence-electron chi connectivity index (χ1n) is 6.60. The molecule has 4 heteroatoms. The zero-order valence-electron chi connectivity index (χ0n) is 11.2. The van der Waals surface area contributed by atoms with Crippen molar-refractivity contribution in [1.82, 2.24) is 0 Å². The van der Waals surface area contributed by atoms with Crippen molar-refractivity contribution in [3.8, 4) is 0 Å². The van der Waals surface area contributed by atoms with Gasteiger partial charge in [0.1, 0.15) is 5.82 Å². The van der Waals surface area contributed by atoms with Gasteiger partial charge in [0.05, 0.1) is 14.9 Å². The Hall–Kier alpha value is -1.82. The number of hydrogen-bond acceptors (Lipinski definition) is 2. The summed E-state index contributed by atoms with van der Waals surface area (Å²) in [4.78, 5) is 0. The summed E-state index contributed by atoms with van der Waals surface area (Å²) in [5.41, 5.74) is 8.27. The van der Waals surface area contributed by atoms with E-state index in [9.17, 15) is 4.39 Å². The van der Waals surface area contributed by atoms with Gasteiger partial charge in [0.2, 0.25) is 0 Å². The van der Waals surface area contributed by atoms with E-state index in [4.69, 9.17) is 5.73 Å². The van der Waals surface area contributed by atoms with E-state index in [-0.39, 0.29) is 5.82 Å². The molecule has 0 saturated heterocycles. The van der Waals surface area contributed by atoms with Crippen molar-refractivity contribution in [2.24, 2.45) is 0 Å². The van der Waals surface area contributed by atoms with Gasteiger partial charge in [0.15, 0.2) is 0 Å². The Kier molecular flexibility index (Phi) is 3.96. The molecule has 0 aliphatic heterocycles. The Balaban J connectivity index is 1.89. The molecular formula is C17H14FIN2. The molecule has 21 heavy (non-hydrogen) atoms. The number of fused-ring (bicyclic) bond motifs is 1. The predicted octanol–water partition coefficient (Wildman–Crippen LogP) is 4.78. The maximum Gasteiger partial charge on any atom is 0.138 e. The highest BCUT2D eigenvalue weighted by Crippen LogP contribution is 2.26. The van der Waals surface area contributed by atoms with Crippen LogP contribution in [0, 0.1) is 9.39 Å². The minimum Gasteiger partial charge on any atom is -0.397 e. The van der Waals surface area contributed by atoms with Crippen LogP contribution in [0.15, 0.2) is 54.6 Å². The molecule has 3 rings (SSSR count). The molecule has 0 spiro atoms. The maximum absolute atomic E-state index is 13.6. The van der Waals surface area contributed by atoms with Crippen LogP contribution in [0.25, 0.3) is 10.8 Å². The number of halogens is 2. The number of benzene rings is 3. The molecule has 0 heterocycles. The molecule has 0 aromatic heterocycles. The molecular weight excluding hydrogens is 378 g/mol. The standard InChI is InChI=1S/C17H14FIN2/c18-14-8-17(16(20)9-15(14)19)21-10-12-6-3-5-11-4-1-2-7-13(11)12/h1-9,21H,10,20H2. The van der Waals surface area contributed by atoms with Crippen LogP contribution in [-0.2, 0) is 6.54 Å². The van der Waals surface area contributed by atoms with Crippen molar-refractivity contribution in [3.05, 3.63) is 69.5 Å². The lowest BCUT2D eigenvalue weighted by Crippen LogP contribution is -2.04. The van der Waals surface area contributed by atoms with E-state index in [1.807, 2.05) is 40.8 Å². The number of anilines is 2. The molecule has 0 fully saturated rings. The van der Waals surface area contributed by atoms with Gasteiger partial charge in [-0.15, -0.1) is 0 Å². The first-order valence-corrected chi connectivity index (χ1v) is 7.68. The third-order valence-electron chi connectivity index (χ3n) is 3.44. The van der Waals surface area contributed by atoms with Gasteiger partial charge in [-0.3, -0.25) is 0 Å². The summed E-state index contributed by atoms with van der Waals surface area (Å²) in [6.45, 7) is 0.603. The lowest BCUT2D eigenvalue weighted by atomic mass is 10.0. The van der Waals surface area contributed by atoms with Crippen molar-refractivity contribution in [1.29, 1.82) is 0 Å². The smallest absolute Gasteiger partial charge is 0.138 e. The number of nitrogens with one attached hydrogen (secondary N) is 1. The second kappa shape index (κ2) is 5.89. The van der Waals surface area contributed by atoms with E-state index in [1.165, 1.54) is 16.8 Å². The summed E-state index contributed by atoms with van der Waals surface area (Å²) in [5, 5.41) is 5.61. The molecule has 0 amide bonds. The highest BCUT2D eigenvalue weighted by molar-refractivity contribution is 14.1. The second-order valence-corrected chi connectivity index (χ2v) is 6.01. The minimum atomic E-state index is -0.259. The van der Waals surface area contributed by atoms with E-state index < -0.39 is 0 Å². The summed E-state index contributed by atoms with van der Waals surface area (Å²) in [6.07, 6.45) is 0. The summed E-state index contributed by atoms with van der Waals surface area (Å²) in [7, 11) is 0. The fraction of sp³-hybridized carbons (Fsp3) is 0.0588. The number of rotatable bonds is 3. The number of nitrogen functional groups attached to an aromatic ring is 1. The van der Waals surface area contributed by atoms with Crippen LogP contribution in [0.5, 0.6) is 0 Å². The summed E-state index contributed by atoms with van der Waals surface area (Å²) in [6, 6.07) is 17.5. The van der Waals surface area contributed by atoms with Gasteiger partial charge in [-0.2, -0.15) is 0 Å². The normalized spacial score (nSPS) is 10.8. The van der Waals surface area contributed by atoms with E-state index >= 15 is 0 Å². The molecule has 2 nitrogen and oxygen atoms in total. The summed E-state index contributed by atoms with van der Waals surface area (Å²) < 4.78 is 14.2. The van der Waals surface area contributed by atoms with Gasteiger partial charge >= 0.3 is 0 Å². The van der Waals surface area contributed by atoms with Gasteiger partial charge in [0.25, 0.3) is 0 Å². The van der Waals surface area contributed by atoms with Crippen molar-refractivity contribution < 1.29 is 4.39 Å². The molecule has 3 N–H and O–H groups in total. The van der Waals surface area contributed by atoms with Crippen LogP contribution < -0.4 is 11.1 Å². The van der Waals surface area contributed by atoms with Crippen LogP contribution in [0.4, 0.5) is 15.8 Å². The van der Waals surface area contributed by atoms with E-state index in [0.717, 1.165) is 5.56 Å². The first-order chi connectivity index (χ1) is 10.1. The second-order valence-electron chi connectivity index (χ2n) is 4.85. The highest BCUT2D eigenvalue weighted by Gasteiger charge is 2.06. The Morgan fingerprint density at radius 1 is 1.05 bits per heavy atom. The molecule has 0 aliphatic carbocycles. The molecule has 3 aromatic rings. The first kappa shape index (κ1) is 14.1. The molecule has 0 saturated carbocycles. The van der Waals surface area contributed by atoms with Crippen molar-refractivity contribution >= 4 is 44.7 Å². The number of hydrogen-bond donors (Lipinski definition) is 2. The third-order valence-corrected chi connectivity index (χ3v) is 4.27. The van der Waals surface area contributed by atoms with Crippen LogP contribution in [0.2, 0.25) is 0 Å². The maximum atomic E-state index is 13.6. The Morgan fingerprint density at radius 3 is 2.67 bits per heavy atom. The summed E-state index contributed by atoms with van der Waals surface area (Å²) >= 11 is 1.94. The fourth-order valence-corrected chi connectivity index (χ4v) is 2.84. The third kappa shape index (κ3) is 2.95. The summed E-state index contributed by atoms with van der Waals surface area (Å²) in [5.74, 6) is -0.259. The molecule has 0 aliphatic rings. The van der Waals surface area contributed by atoms with E-state index in [1.54, 1.807) is 6.07 Å². The molecule has 106 valence electrons. The molecule has 3 aromatic carbocycles. The van der Waals surface area contributed by atoms with E-state index in [2.05, 4.69) is 29.6 Å². The molecule has 0 bridgehead atoms. The Bertz CT molecular complexity index is 797. The molecule has 0 atom stereocenters. The van der Waals surface area contributed by atoms with Gasteiger partial charge in [0, 0.05) is 12.6 Å². The van der Waals surface area contributed by atoms with Gasteiger partial charge in [-0.05, 0) is 45.0 Å². The van der Waals surface area contributed by atoms with Gasteiger partial charge < -0.3 is 11.1 Å². The largest absolute Gasteiger partial charge is 0.397 e. The monoisotopic (exact) mass is 392 g/mol. The Morgan fingerprint density at radius 2 is 1.81 bits per heavy atom. The predicted molar refractivity (Wildman–Crippen MR) is 94.8 cm³/mol. The molecule has 0 unspecified atom stereocenters. The Labute approximate surface area is 136 Å². The van der Waals surface area contributed by atoms with Crippen molar-refractivity contribution in [2.45, 2.75) is 6.54 Å². The minimum absolute atomic E-state index is 0.259. The number of nitrogens with two attached hydrogens (primary N) is 1. The van der Waals surface area contributed by atoms with E-state index in [0.29, 0.717) is 21.5 Å². The quantitative estimate of drug-likeness (QED) is 0.498.